The molecule has 12 heavy (non-hydrogen) atoms. The molecule has 0 radical (unpaired) electrons. The van der Waals surface area contributed by atoms with E-state index in [9.17, 15) is 0 Å². The number of hydrogen-bond donors (Lipinski definition) is 0. The molecule has 2 rings (SSSR count). The maximum Gasteiger partial charge on any atom is 0.0194 e. The molecule has 62 valence electrons. The number of hydrogen-bond acceptors (Lipinski definition) is 0. The van der Waals surface area contributed by atoms with E-state index in [0.717, 1.165) is 6.42 Å². The largest absolute Gasteiger partial charge is 0.0801 e. The van der Waals surface area contributed by atoms with E-state index in [2.05, 4.69) is 49.2 Å². The van der Waals surface area contributed by atoms with E-state index in [1.165, 1.54) is 0 Å². The first-order chi connectivity index (χ1) is 5.88. The molecule has 1 heteroatoms. The second-order valence-corrected chi connectivity index (χ2v) is 5.47. The van der Waals surface area contributed by atoms with Gasteiger partial charge in [0.25, 0.3) is 0 Å². The summed E-state index contributed by atoms with van der Waals surface area (Å²) in [5, 5.41) is 1.56. The molecule has 0 aromatic carbocycles. The lowest BCUT2D eigenvalue weighted by Crippen LogP contribution is -1.93. The van der Waals surface area contributed by atoms with Crippen LogP contribution in [0.3, 0.4) is 0 Å². The third-order valence-electron chi connectivity index (χ3n) is 2.33. The van der Waals surface area contributed by atoms with Gasteiger partial charge in [-0.15, -0.1) is 0 Å². The Kier molecular flexibility index (Phi) is 2.28. The highest BCUT2D eigenvalue weighted by Crippen LogP contribution is 2.50. The highest BCUT2D eigenvalue weighted by molar-refractivity contribution is 7.62. The predicted octanol–water partition coefficient (Wildman–Crippen LogP) is 3.44. The summed E-state index contributed by atoms with van der Waals surface area (Å²) in [6.07, 6.45) is 16.9. The van der Waals surface area contributed by atoms with Gasteiger partial charge < -0.3 is 0 Å². The Balaban J connectivity index is 2.08. The summed E-state index contributed by atoms with van der Waals surface area (Å²) in [6, 6.07) is 0. The van der Waals surface area contributed by atoms with Gasteiger partial charge in [0, 0.05) is 5.66 Å². The maximum absolute atomic E-state index is 2.36. The molecule has 2 aliphatic rings. The van der Waals surface area contributed by atoms with Gasteiger partial charge in [-0.25, -0.2) is 0 Å². The van der Waals surface area contributed by atoms with Crippen molar-refractivity contribution in [3.63, 3.8) is 0 Å². The van der Waals surface area contributed by atoms with Crippen LogP contribution < -0.4 is 0 Å². The van der Waals surface area contributed by atoms with Crippen LogP contribution in [0.25, 0.3) is 0 Å². The maximum atomic E-state index is 2.36. The Hall–Kier alpha value is -0.610. The zero-order chi connectivity index (χ0) is 8.39. The van der Waals surface area contributed by atoms with Gasteiger partial charge in [0.05, 0.1) is 0 Å². The average Bonchev–Trinajstić information content (AvgIpc) is 2.77. The summed E-state index contributed by atoms with van der Waals surface area (Å²) in [5.41, 5.74) is 0.689. The van der Waals surface area contributed by atoms with Gasteiger partial charge in [0.2, 0.25) is 0 Å². The lowest BCUT2D eigenvalue weighted by molar-refractivity contribution is 1.42. The molecular weight excluding hydrogens is 163 g/mol. The number of rotatable bonds is 2. The van der Waals surface area contributed by atoms with E-state index >= 15 is 0 Å². The minimum Gasteiger partial charge on any atom is -0.0801 e. The van der Waals surface area contributed by atoms with Gasteiger partial charge >= 0.3 is 0 Å². The smallest absolute Gasteiger partial charge is 0.0194 e. The van der Waals surface area contributed by atoms with Crippen LogP contribution in [0, 0.1) is 0 Å². The van der Waals surface area contributed by atoms with Crippen molar-refractivity contribution >= 4 is 7.92 Å². The Bertz CT molecular complexity index is 269. The number of allylic oxidation sites excluding steroid dienone is 8. The summed E-state index contributed by atoms with van der Waals surface area (Å²) >= 11 is 0. The molecule has 0 bridgehead atoms. The van der Waals surface area contributed by atoms with Gasteiger partial charge in [-0.05, 0) is 18.4 Å². The van der Waals surface area contributed by atoms with Crippen molar-refractivity contribution in [2.75, 3.05) is 6.66 Å². The van der Waals surface area contributed by atoms with Crippen molar-refractivity contribution in [1.29, 1.82) is 0 Å². The van der Waals surface area contributed by atoms with E-state index in [-0.39, 0.29) is 7.92 Å². The molecule has 0 spiro atoms. The monoisotopic (exact) mass is 176 g/mol. The normalized spacial score (nSPS) is 23.6. The highest BCUT2D eigenvalue weighted by Gasteiger charge is 2.16. The Morgan fingerprint density at radius 2 is 2.08 bits per heavy atom. The molecule has 1 atom stereocenters. The second-order valence-electron chi connectivity index (χ2n) is 3.14. The van der Waals surface area contributed by atoms with Crippen LogP contribution in [0.2, 0.25) is 0 Å². The topological polar surface area (TPSA) is 0 Å². The summed E-state index contributed by atoms with van der Waals surface area (Å²) < 4.78 is 0. The molecule has 1 unspecified atom stereocenters. The van der Waals surface area contributed by atoms with Crippen LogP contribution in [0.4, 0.5) is 0 Å². The zero-order valence-corrected chi connectivity index (χ0v) is 8.17. The van der Waals surface area contributed by atoms with Gasteiger partial charge in [-0.3, -0.25) is 0 Å². The fourth-order valence-electron chi connectivity index (χ4n) is 1.56. The zero-order valence-electron chi connectivity index (χ0n) is 7.27. The molecule has 0 N–H and O–H groups in total. The Morgan fingerprint density at radius 1 is 1.33 bits per heavy atom. The van der Waals surface area contributed by atoms with Crippen molar-refractivity contribution < 1.29 is 0 Å². The van der Waals surface area contributed by atoms with E-state index < -0.39 is 0 Å². The van der Waals surface area contributed by atoms with E-state index in [4.69, 9.17) is 0 Å². The molecule has 0 saturated heterocycles. The van der Waals surface area contributed by atoms with Crippen molar-refractivity contribution in [2.24, 2.45) is 0 Å². The van der Waals surface area contributed by atoms with Crippen LogP contribution in [-0.4, -0.2) is 12.3 Å². The van der Waals surface area contributed by atoms with Gasteiger partial charge in [-0.1, -0.05) is 50.5 Å². The van der Waals surface area contributed by atoms with Crippen LogP contribution in [0.15, 0.2) is 47.8 Å². The molecule has 0 fully saturated rings. The predicted molar refractivity (Wildman–Crippen MR) is 56.8 cm³/mol. The third kappa shape index (κ3) is 1.44. The van der Waals surface area contributed by atoms with Gasteiger partial charge in [0.1, 0.15) is 0 Å². The third-order valence-corrected chi connectivity index (χ3v) is 4.72. The standard InChI is InChI=1S/C11H13P/c1-12(10-6-2-3-7-10)11-8-4-5-9-11/h2-4,6-10H,5H2,1H3. The SMILES string of the molecule is CP(C1=CCC=C1)C1C=CC=C1. The minimum absolute atomic E-state index is 0.0179. The summed E-state index contributed by atoms with van der Waals surface area (Å²) in [6.45, 7) is 2.36. The van der Waals surface area contributed by atoms with Crippen molar-refractivity contribution in [2.45, 2.75) is 12.1 Å². The highest BCUT2D eigenvalue weighted by atomic mass is 31.1. The molecule has 0 amide bonds. The van der Waals surface area contributed by atoms with Crippen molar-refractivity contribution in [1.82, 2.24) is 0 Å². The molecule has 0 aliphatic heterocycles. The summed E-state index contributed by atoms with van der Waals surface area (Å²) in [7, 11) is 0.0179. The first-order valence-electron chi connectivity index (χ1n) is 4.32. The van der Waals surface area contributed by atoms with Gasteiger partial charge in [0.15, 0.2) is 0 Å². The molecule has 0 saturated carbocycles. The first kappa shape index (κ1) is 8.01. The Morgan fingerprint density at radius 3 is 2.67 bits per heavy atom. The second kappa shape index (κ2) is 3.41. The van der Waals surface area contributed by atoms with Crippen LogP contribution in [0.1, 0.15) is 6.42 Å². The van der Waals surface area contributed by atoms with Crippen LogP contribution in [0.5, 0.6) is 0 Å². The van der Waals surface area contributed by atoms with Gasteiger partial charge in [-0.2, -0.15) is 0 Å². The fraction of sp³-hybridized carbons (Fsp3) is 0.273. The summed E-state index contributed by atoms with van der Waals surface area (Å²) in [4.78, 5) is 0. The van der Waals surface area contributed by atoms with Crippen molar-refractivity contribution in [3.05, 3.63) is 47.8 Å². The average molecular weight is 176 g/mol. The van der Waals surface area contributed by atoms with E-state index in [1.54, 1.807) is 5.31 Å². The molecule has 0 aromatic heterocycles. The molecule has 2 aliphatic carbocycles. The lowest BCUT2D eigenvalue weighted by atomic mass is 10.5. The quantitative estimate of drug-likeness (QED) is 0.565. The van der Waals surface area contributed by atoms with Crippen LogP contribution >= 0.6 is 7.92 Å². The summed E-state index contributed by atoms with van der Waals surface area (Å²) in [5.74, 6) is 0. The van der Waals surface area contributed by atoms with Crippen molar-refractivity contribution in [3.8, 4) is 0 Å². The van der Waals surface area contributed by atoms with E-state index in [0.29, 0.717) is 5.66 Å². The molecule has 0 aromatic rings. The van der Waals surface area contributed by atoms with Crippen LogP contribution in [-0.2, 0) is 0 Å². The lowest BCUT2D eigenvalue weighted by Gasteiger charge is -2.16. The molecular formula is C11H13P. The molecule has 0 nitrogen and oxygen atoms in total. The van der Waals surface area contributed by atoms with E-state index in [1.807, 2.05) is 0 Å². The Labute approximate surface area is 75.1 Å². The fourth-order valence-corrected chi connectivity index (χ4v) is 3.35. The first-order valence-corrected chi connectivity index (χ1v) is 6.18. The minimum atomic E-state index is 0.0179. The molecule has 0 heterocycles.